The Morgan fingerprint density at radius 3 is 2.39 bits per heavy atom. The Kier molecular flexibility index (Phi) is 5.70. The Bertz CT molecular complexity index is 369. The third-order valence-electron chi connectivity index (χ3n) is 3.43. The zero-order valence-corrected chi connectivity index (χ0v) is 12.5. The van der Waals surface area contributed by atoms with E-state index in [4.69, 9.17) is 0 Å². The van der Waals surface area contributed by atoms with Crippen LogP contribution in [0.4, 0.5) is 0 Å². The third-order valence-corrected chi connectivity index (χ3v) is 3.43. The molecule has 0 spiro atoms. The number of unbranched alkanes of at least 4 members (excludes halogenated alkanes) is 1. The molecule has 1 unspecified atom stereocenters. The lowest BCUT2D eigenvalue weighted by Crippen LogP contribution is -2.10. The van der Waals surface area contributed by atoms with Gasteiger partial charge < -0.3 is 5.11 Å². The fraction of sp³-hybridized carbons (Fsp3) is 0.800. The highest BCUT2D eigenvalue weighted by Gasteiger charge is 2.19. The van der Waals surface area contributed by atoms with Gasteiger partial charge in [-0.25, -0.2) is 0 Å². The first-order valence-electron chi connectivity index (χ1n) is 7.30. The predicted molar refractivity (Wildman–Crippen MR) is 76.0 cm³/mol. The van der Waals surface area contributed by atoms with E-state index in [-0.39, 0.29) is 0 Å². The molecule has 0 aliphatic heterocycles. The molecular weight excluding hydrogens is 224 g/mol. The van der Waals surface area contributed by atoms with Crippen molar-refractivity contribution in [2.45, 2.75) is 72.8 Å². The number of aromatic nitrogens is 2. The maximum atomic E-state index is 10.3. The fourth-order valence-corrected chi connectivity index (χ4v) is 2.15. The molecule has 1 atom stereocenters. The van der Waals surface area contributed by atoms with E-state index in [9.17, 15) is 5.11 Å². The molecule has 0 saturated carbocycles. The standard InChI is InChI=1S/C15H28N2O/c1-6-8-9-14-15(18)13(10-11(3)4)16-17(14)12(5)7-2/h11-12,18H,6-10H2,1-5H3. The highest BCUT2D eigenvalue weighted by atomic mass is 16.3. The van der Waals surface area contributed by atoms with Crippen LogP contribution in [0.3, 0.4) is 0 Å². The molecule has 0 radical (unpaired) electrons. The zero-order chi connectivity index (χ0) is 13.7. The van der Waals surface area contributed by atoms with Crippen LogP contribution >= 0.6 is 0 Å². The van der Waals surface area contributed by atoms with Crippen LogP contribution in [0.25, 0.3) is 0 Å². The SMILES string of the molecule is CCCCc1c(O)c(CC(C)C)nn1C(C)CC. The molecule has 0 saturated heterocycles. The van der Waals surface area contributed by atoms with Gasteiger partial charge in [-0.1, -0.05) is 34.1 Å². The summed E-state index contributed by atoms with van der Waals surface area (Å²) >= 11 is 0. The topological polar surface area (TPSA) is 38.1 Å². The third kappa shape index (κ3) is 3.50. The summed E-state index contributed by atoms with van der Waals surface area (Å²) in [6, 6.07) is 0.365. The molecule has 1 N–H and O–H groups in total. The van der Waals surface area contributed by atoms with E-state index in [1.807, 2.05) is 4.68 Å². The van der Waals surface area contributed by atoms with Crippen molar-refractivity contribution in [3.63, 3.8) is 0 Å². The fourth-order valence-electron chi connectivity index (χ4n) is 2.15. The molecule has 1 aromatic heterocycles. The van der Waals surface area contributed by atoms with Crippen LogP contribution in [0.2, 0.25) is 0 Å². The van der Waals surface area contributed by atoms with Gasteiger partial charge in [0.25, 0.3) is 0 Å². The van der Waals surface area contributed by atoms with Crippen molar-refractivity contribution in [3.05, 3.63) is 11.4 Å². The molecule has 18 heavy (non-hydrogen) atoms. The minimum Gasteiger partial charge on any atom is -0.504 e. The summed E-state index contributed by atoms with van der Waals surface area (Å²) in [5.74, 6) is 0.965. The predicted octanol–water partition coefficient (Wildman–Crippen LogP) is 4.10. The zero-order valence-electron chi connectivity index (χ0n) is 12.5. The molecule has 0 aromatic carbocycles. The second kappa shape index (κ2) is 6.81. The van der Waals surface area contributed by atoms with Gasteiger partial charge in [0.05, 0.1) is 5.69 Å². The number of rotatable bonds is 7. The van der Waals surface area contributed by atoms with Gasteiger partial charge in [-0.2, -0.15) is 5.10 Å². The molecule has 0 fully saturated rings. The van der Waals surface area contributed by atoms with Gasteiger partial charge in [0.2, 0.25) is 0 Å². The average molecular weight is 252 g/mol. The summed E-state index contributed by atoms with van der Waals surface area (Å²) in [6.07, 6.45) is 5.08. The van der Waals surface area contributed by atoms with E-state index in [1.165, 1.54) is 0 Å². The van der Waals surface area contributed by atoms with E-state index in [0.29, 0.717) is 17.7 Å². The summed E-state index contributed by atoms with van der Waals surface area (Å²) < 4.78 is 2.04. The average Bonchev–Trinajstić information content (AvgIpc) is 2.62. The number of hydrogen-bond acceptors (Lipinski definition) is 2. The minimum atomic E-state index is 0.365. The van der Waals surface area contributed by atoms with E-state index >= 15 is 0 Å². The van der Waals surface area contributed by atoms with Crippen molar-refractivity contribution in [1.29, 1.82) is 0 Å². The van der Waals surface area contributed by atoms with E-state index in [0.717, 1.165) is 43.5 Å². The largest absolute Gasteiger partial charge is 0.504 e. The summed E-state index contributed by atoms with van der Waals surface area (Å²) in [7, 11) is 0. The second-order valence-electron chi connectivity index (χ2n) is 5.65. The molecule has 0 amide bonds. The maximum absolute atomic E-state index is 10.3. The Morgan fingerprint density at radius 2 is 1.89 bits per heavy atom. The van der Waals surface area contributed by atoms with Crippen LogP contribution in [0, 0.1) is 5.92 Å². The van der Waals surface area contributed by atoms with Crippen LogP contribution in [-0.2, 0) is 12.8 Å². The van der Waals surface area contributed by atoms with Crippen LogP contribution in [-0.4, -0.2) is 14.9 Å². The lowest BCUT2D eigenvalue weighted by Gasteiger charge is -2.13. The molecule has 0 bridgehead atoms. The Hall–Kier alpha value is -0.990. The van der Waals surface area contributed by atoms with Crippen LogP contribution in [0.1, 0.15) is 71.3 Å². The summed E-state index contributed by atoms with van der Waals surface area (Å²) in [6.45, 7) is 10.8. The van der Waals surface area contributed by atoms with E-state index in [2.05, 4.69) is 39.7 Å². The van der Waals surface area contributed by atoms with Crippen molar-refractivity contribution in [2.75, 3.05) is 0 Å². The Labute approximate surface area is 111 Å². The molecule has 0 aliphatic rings. The van der Waals surface area contributed by atoms with Crippen molar-refractivity contribution in [2.24, 2.45) is 5.92 Å². The second-order valence-corrected chi connectivity index (χ2v) is 5.65. The van der Waals surface area contributed by atoms with Gasteiger partial charge in [0.15, 0.2) is 5.75 Å². The van der Waals surface area contributed by atoms with E-state index in [1.54, 1.807) is 0 Å². The number of nitrogens with zero attached hydrogens (tertiary/aromatic N) is 2. The molecule has 3 heteroatoms. The first-order chi connectivity index (χ1) is 8.51. The van der Waals surface area contributed by atoms with E-state index < -0.39 is 0 Å². The molecule has 3 nitrogen and oxygen atoms in total. The minimum absolute atomic E-state index is 0.365. The Balaban J connectivity index is 3.05. The molecule has 1 aromatic rings. The van der Waals surface area contributed by atoms with Gasteiger partial charge in [-0.05, 0) is 38.5 Å². The molecule has 1 rings (SSSR count). The molecule has 1 heterocycles. The van der Waals surface area contributed by atoms with Crippen molar-refractivity contribution >= 4 is 0 Å². The molecular formula is C15H28N2O. The summed E-state index contributed by atoms with van der Waals surface area (Å²) in [5.41, 5.74) is 1.90. The van der Waals surface area contributed by atoms with Crippen LogP contribution in [0.5, 0.6) is 5.75 Å². The summed E-state index contributed by atoms with van der Waals surface area (Å²) in [5, 5.41) is 15.0. The maximum Gasteiger partial charge on any atom is 0.160 e. The first kappa shape index (κ1) is 15.1. The summed E-state index contributed by atoms with van der Waals surface area (Å²) in [4.78, 5) is 0. The normalized spacial score (nSPS) is 13.2. The lowest BCUT2D eigenvalue weighted by atomic mass is 10.1. The van der Waals surface area contributed by atoms with Gasteiger partial charge in [-0.15, -0.1) is 0 Å². The van der Waals surface area contributed by atoms with Crippen molar-refractivity contribution in [1.82, 2.24) is 9.78 Å². The van der Waals surface area contributed by atoms with Crippen molar-refractivity contribution < 1.29 is 5.11 Å². The first-order valence-corrected chi connectivity index (χ1v) is 7.30. The van der Waals surface area contributed by atoms with Gasteiger partial charge in [0, 0.05) is 6.04 Å². The number of hydrogen-bond donors (Lipinski definition) is 1. The van der Waals surface area contributed by atoms with Gasteiger partial charge in [0.1, 0.15) is 5.69 Å². The highest BCUT2D eigenvalue weighted by molar-refractivity contribution is 5.33. The quantitative estimate of drug-likeness (QED) is 0.793. The lowest BCUT2D eigenvalue weighted by molar-refractivity contribution is 0.434. The Morgan fingerprint density at radius 1 is 1.22 bits per heavy atom. The van der Waals surface area contributed by atoms with Gasteiger partial charge >= 0.3 is 0 Å². The van der Waals surface area contributed by atoms with Crippen LogP contribution < -0.4 is 0 Å². The van der Waals surface area contributed by atoms with Crippen LogP contribution in [0.15, 0.2) is 0 Å². The van der Waals surface area contributed by atoms with Gasteiger partial charge in [-0.3, -0.25) is 4.68 Å². The smallest absolute Gasteiger partial charge is 0.160 e. The molecule has 0 aliphatic carbocycles. The number of aromatic hydroxyl groups is 1. The molecule has 104 valence electrons. The van der Waals surface area contributed by atoms with Crippen molar-refractivity contribution in [3.8, 4) is 5.75 Å². The monoisotopic (exact) mass is 252 g/mol. The highest BCUT2D eigenvalue weighted by Crippen LogP contribution is 2.29.